The minimum atomic E-state index is -4.53. The van der Waals surface area contributed by atoms with Gasteiger partial charge >= 0.3 is 12.1 Å². The van der Waals surface area contributed by atoms with E-state index in [1.165, 1.54) is 4.90 Å². The standard InChI is InChI=1S/C25H28F3N3O6/c1-2-36-24-18(13-20(32)37-24)30-22(34)19-12-11-16-5-3-4-6-17(23(35)31(16)19)29-21(33)14-7-9-15(10-8-14)25(26,27)28/h3-4,7-10,16-19,24H,2,5-6,11-13H2,1H3,(H,29,33)(H,30,34)/t16-,17+,18?,19+,24?/m1/s1. The zero-order valence-electron chi connectivity index (χ0n) is 20.1. The highest BCUT2D eigenvalue weighted by Gasteiger charge is 2.45. The quantitative estimate of drug-likeness (QED) is 0.437. The second-order valence-corrected chi connectivity index (χ2v) is 9.17. The molecule has 3 aliphatic heterocycles. The number of amides is 3. The van der Waals surface area contributed by atoms with Gasteiger partial charge in [0, 0.05) is 18.2 Å². The van der Waals surface area contributed by atoms with Gasteiger partial charge in [-0.15, -0.1) is 0 Å². The van der Waals surface area contributed by atoms with Crippen LogP contribution in [0.2, 0.25) is 0 Å². The Kier molecular flexibility index (Phi) is 7.86. The van der Waals surface area contributed by atoms with Gasteiger partial charge in [0.15, 0.2) is 0 Å². The fraction of sp³-hybridized carbons (Fsp3) is 0.520. The topological polar surface area (TPSA) is 114 Å². The Morgan fingerprint density at radius 2 is 1.78 bits per heavy atom. The van der Waals surface area contributed by atoms with Gasteiger partial charge in [-0.1, -0.05) is 12.2 Å². The third kappa shape index (κ3) is 5.95. The van der Waals surface area contributed by atoms with Gasteiger partial charge in [0.05, 0.1) is 12.0 Å². The number of carbonyl (C=O) groups is 4. The largest absolute Gasteiger partial charge is 0.433 e. The van der Waals surface area contributed by atoms with Crippen molar-refractivity contribution in [3.63, 3.8) is 0 Å². The lowest BCUT2D eigenvalue weighted by Crippen LogP contribution is -2.57. The predicted molar refractivity (Wildman–Crippen MR) is 123 cm³/mol. The van der Waals surface area contributed by atoms with Gasteiger partial charge in [-0.2, -0.15) is 13.2 Å². The van der Waals surface area contributed by atoms with Crippen molar-refractivity contribution in [1.29, 1.82) is 0 Å². The van der Waals surface area contributed by atoms with Gasteiger partial charge in [0.25, 0.3) is 5.91 Å². The van der Waals surface area contributed by atoms with Gasteiger partial charge in [-0.25, -0.2) is 0 Å². The Morgan fingerprint density at radius 3 is 2.46 bits per heavy atom. The molecule has 3 amide bonds. The molecule has 2 saturated heterocycles. The van der Waals surface area contributed by atoms with Gasteiger partial charge in [-0.05, 0) is 56.9 Å². The summed E-state index contributed by atoms with van der Waals surface area (Å²) in [6, 6.07) is 0.958. The SMILES string of the molecule is CCOC1OC(=O)CC1NC(=O)[C@@H]1CC[C@H]2CC=CC[C@H](NC(=O)c3ccc(C(F)(F)F)cc3)C(=O)N21. The summed E-state index contributed by atoms with van der Waals surface area (Å²) in [6.45, 7) is 2.02. The third-order valence-electron chi connectivity index (χ3n) is 6.71. The number of nitrogens with zero attached hydrogens (tertiary/aromatic N) is 1. The van der Waals surface area contributed by atoms with E-state index in [-0.39, 0.29) is 31.1 Å². The number of alkyl halides is 3. The minimum Gasteiger partial charge on any atom is -0.433 e. The van der Waals surface area contributed by atoms with Crippen LogP contribution in [0, 0.1) is 0 Å². The molecule has 2 N–H and O–H groups in total. The molecule has 2 unspecified atom stereocenters. The number of halogens is 3. The highest BCUT2D eigenvalue weighted by atomic mass is 19.4. The zero-order valence-corrected chi connectivity index (χ0v) is 20.1. The number of hydrogen-bond acceptors (Lipinski definition) is 6. The van der Waals surface area contributed by atoms with Gasteiger partial charge in [0.2, 0.25) is 18.1 Å². The first-order chi connectivity index (χ1) is 17.6. The monoisotopic (exact) mass is 523 g/mol. The number of nitrogens with one attached hydrogen (secondary N) is 2. The number of esters is 1. The van der Waals surface area contributed by atoms with Crippen molar-refractivity contribution >= 4 is 23.7 Å². The van der Waals surface area contributed by atoms with Crippen LogP contribution in [0.25, 0.3) is 0 Å². The number of fused-ring (bicyclic) bond motifs is 1. The molecule has 0 radical (unpaired) electrons. The maximum Gasteiger partial charge on any atom is 0.416 e. The van der Waals surface area contributed by atoms with Crippen molar-refractivity contribution in [2.45, 2.75) is 75.7 Å². The van der Waals surface area contributed by atoms with Crippen LogP contribution in [0.3, 0.4) is 0 Å². The summed E-state index contributed by atoms with van der Waals surface area (Å²) < 4.78 is 49.0. The van der Waals surface area contributed by atoms with Crippen LogP contribution in [0.5, 0.6) is 0 Å². The van der Waals surface area contributed by atoms with Gasteiger partial charge in [-0.3, -0.25) is 19.2 Å². The first-order valence-corrected chi connectivity index (χ1v) is 12.1. The molecule has 5 atom stereocenters. The molecular weight excluding hydrogens is 495 g/mol. The van der Waals surface area contributed by atoms with Crippen LogP contribution in [0.4, 0.5) is 13.2 Å². The van der Waals surface area contributed by atoms with Crippen molar-refractivity contribution in [3.8, 4) is 0 Å². The van der Waals surface area contributed by atoms with Crippen LogP contribution >= 0.6 is 0 Å². The third-order valence-corrected chi connectivity index (χ3v) is 6.71. The summed E-state index contributed by atoms with van der Waals surface area (Å²) in [5, 5.41) is 5.38. The van der Waals surface area contributed by atoms with E-state index in [0.717, 1.165) is 24.3 Å². The molecule has 0 spiro atoms. The molecule has 4 rings (SSSR count). The smallest absolute Gasteiger partial charge is 0.416 e. The van der Waals surface area contributed by atoms with E-state index in [0.29, 0.717) is 19.3 Å². The molecule has 1 aromatic carbocycles. The number of rotatable bonds is 6. The summed E-state index contributed by atoms with van der Waals surface area (Å²) in [5.41, 5.74) is -0.907. The Balaban J connectivity index is 1.47. The van der Waals surface area contributed by atoms with E-state index >= 15 is 0 Å². The molecule has 0 bridgehead atoms. The van der Waals surface area contributed by atoms with E-state index in [9.17, 15) is 32.3 Å². The first kappa shape index (κ1) is 26.6. The highest BCUT2D eigenvalue weighted by Crippen LogP contribution is 2.31. The molecule has 3 aliphatic rings. The Hall–Kier alpha value is -3.41. The van der Waals surface area contributed by atoms with Crippen molar-refractivity contribution in [2.24, 2.45) is 0 Å². The molecule has 0 aromatic heterocycles. The second-order valence-electron chi connectivity index (χ2n) is 9.17. The van der Waals surface area contributed by atoms with Crippen molar-refractivity contribution in [1.82, 2.24) is 15.5 Å². The van der Waals surface area contributed by atoms with Crippen LogP contribution < -0.4 is 10.6 Å². The lowest BCUT2D eigenvalue weighted by Gasteiger charge is -2.34. The van der Waals surface area contributed by atoms with E-state index < -0.39 is 59.8 Å². The van der Waals surface area contributed by atoms with Crippen LogP contribution in [-0.2, 0) is 30.0 Å². The van der Waals surface area contributed by atoms with Gasteiger partial charge in [0.1, 0.15) is 18.1 Å². The number of benzene rings is 1. The second kappa shape index (κ2) is 10.9. The number of ether oxygens (including phenoxy) is 2. The van der Waals surface area contributed by atoms with Crippen molar-refractivity contribution in [3.05, 3.63) is 47.5 Å². The van der Waals surface area contributed by atoms with Crippen LogP contribution in [0.1, 0.15) is 54.9 Å². The molecule has 9 nitrogen and oxygen atoms in total. The fourth-order valence-electron chi connectivity index (χ4n) is 4.89. The summed E-state index contributed by atoms with van der Waals surface area (Å²) in [4.78, 5) is 52.7. The predicted octanol–water partition coefficient (Wildman–Crippen LogP) is 2.31. The first-order valence-electron chi connectivity index (χ1n) is 12.1. The molecule has 200 valence electrons. The summed E-state index contributed by atoms with van der Waals surface area (Å²) in [7, 11) is 0. The van der Waals surface area contributed by atoms with E-state index in [2.05, 4.69) is 10.6 Å². The fourth-order valence-corrected chi connectivity index (χ4v) is 4.89. The van der Waals surface area contributed by atoms with Crippen LogP contribution in [-0.4, -0.2) is 65.7 Å². The number of hydrogen-bond donors (Lipinski definition) is 2. The normalized spacial score (nSPS) is 27.8. The Bertz CT molecular complexity index is 1070. The van der Waals surface area contributed by atoms with E-state index in [1.54, 1.807) is 13.0 Å². The highest BCUT2D eigenvalue weighted by molar-refractivity contribution is 5.99. The molecule has 2 fully saturated rings. The average molecular weight is 524 g/mol. The molecule has 3 heterocycles. The molecule has 0 saturated carbocycles. The molecular formula is C25H28F3N3O6. The maximum absolute atomic E-state index is 13.5. The number of carbonyl (C=O) groups excluding carboxylic acids is 4. The lowest BCUT2D eigenvalue weighted by molar-refractivity contribution is -0.164. The minimum absolute atomic E-state index is 0.0213. The molecule has 0 aliphatic carbocycles. The lowest BCUT2D eigenvalue weighted by atomic mass is 10.0. The summed E-state index contributed by atoms with van der Waals surface area (Å²) in [5.74, 6) is -2.08. The molecule has 37 heavy (non-hydrogen) atoms. The van der Waals surface area contributed by atoms with Crippen molar-refractivity contribution < 1.29 is 41.8 Å². The van der Waals surface area contributed by atoms with E-state index in [1.807, 2.05) is 6.08 Å². The van der Waals surface area contributed by atoms with Crippen molar-refractivity contribution in [2.75, 3.05) is 6.61 Å². The Morgan fingerprint density at radius 1 is 1.08 bits per heavy atom. The number of cyclic esters (lactones) is 1. The Labute approximate surface area is 211 Å². The molecule has 1 aromatic rings. The zero-order chi connectivity index (χ0) is 26.7. The van der Waals surface area contributed by atoms with E-state index in [4.69, 9.17) is 9.47 Å². The van der Waals surface area contributed by atoms with Crippen LogP contribution in [0.15, 0.2) is 36.4 Å². The molecule has 12 heteroatoms. The van der Waals surface area contributed by atoms with Gasteiger partial charge < -0.3 is 25.0 Å². The summed E-state index contributed by atoms with van der Waals surface area (Å²) in [6.07, 6.45) is -0.141. The maximum atomic E-state index is 13.5. The summed E-state index contributed by atoms with van der Waals surface area (Å²) >= 11 is 0. The average Bonchev–Trinajstić information content (AvgIpc) is 3.41.